The highest BCUT2D eigenvalue weighted by Gasteiger charge is 2.13. The van der Waals surface area contributed by atoms with Gasteiger partial charge in [-0.3, -0.25) is 0 Å². The van der Waals surface area contributed by atoms with Gasteiger partial charge in [0.2, 0.25) is 0 Å². The molecule has 3 nitrogen and oxygen atoms in total. The molecule has 124 valence electrons. The highest BCUT2D eigenvalue weighted by molar-refractivity contribution is 5.99. The molecule has 0 amide bonds. The van der Waals surface area contributed by atoms with Gasteiger partial charge in [-0.05, 0) is 49.9 Å². The molecule has 23 heavy (non-hydrogen) atoms. The van der Waals surface area contributed by atoms with Crippen molar-refractivity contribution in [3.8, 4) is 0 Å². The van der Waals surface area contributed by atoms with Gasteiger partial charge in [-0.2, -0.15) is 0 Å². The van der Waals surface area contributed by atoms with Crippen LogP contribution in [0, 0.1) is 13.8 Å². The minimum atomic E-state index is -0.289. The van der Waals surface area contributed by atoms with Gasteiger partial charge in [0.1, 0.15) is 0 Å². The fourth-order valence-corrected chi connectivity index (χ4v) is 2.85. The fourth-order valence-electron chi connectivity index (χ4n) is 2.85. The van der Waals surface area contributed by atoms with Crippen LogP contribution in [-0.2, 0) is 4.74 Å². The smallest absolute Gasteiger partial charge is 0.337 e. The molecule has 0 spiro atoms. The molecule has 0 aliphatic heterocycles. The number of ether oxygens (including phenoxy) is 1. The lowest BCUT2D eigenvalue weighted by atomic mass is 10.0. The third-order valence-electron chi connectivity index (χ3n) is 4.39. The first kappa shape index (κ1) is 17.3. The van der Waals surface area contributed by atoms with Crippen molar-refractivity contribution in [1.82, 2.24) is 4.98 Å². The Bertz CT molecular complexity index is 710. The number of unbranched alkanes of at least 4 members (excludes halogenated alkanes) is 4. The van der Waals surface area contributed by atoms with Crippen molar-refractivity contribution in [2.45, 2.75) is 52.9 Å². The molecule has 0 saturated carbocycles. The zero-order valence-corrected chi connectivity index (χ0v) is 14.7. The molecule has 0 fully saturated rings. The Hall–Kier alpha value is -2.03. The summed E-state index contributed by atoms with van der Waals surface area (Å²) in [6.45, 7) is 6.36. The van der Waals surface area contributed by atoms with E-state index >= 15 is 0 Å². The maximum atomic E-state index is 11.9. The van der Waals surface area contributed by atoms with Gasteiger partial charge < -0.3 is 9.72 Å². The first-order chi connectivity index (χ1) is 11.1. The molecule has 0 bridgehead atoms. The zero-order chi connectivity index (χ0) is 16.8. The molecule has 0 aliphatic carbocycles. The molecule has 1 aromatic heterocycles. The van der Waals surface area contributed by atoms with Gasteiger partial charge in [0.25, 0.3) is 0 Å². The number of benzene rings is 1. The Morgan fingerprint density at radius 2 is 2.00 bits per heavy atom. The summed E-state index contributed by atoms with van der Waals surface area (Å²) in [5, 5.41) is 1.09. The number of carbonyl (C=O) groups is 1. The maximum absolute atomic E-state index is 11.9. The number of hydrogen-bond donors (Lipinski definition) is 1. The Morgan fingerprint density at radius 1 is 1.22 bits per heavy atom. The Balaban J connectivity index is 2.31. The van der Waals surface area contributed by atoms with Crippen molar-refractivity contribution in [3.05, 3.63) is 40.6 Å². The van der Waals surface area contributed by atoms with E-state index in [-0.39, 0.29) is 5.97 Å². The second kappa shape index (κ2) is 8.00. The van der Waals surface area contributed by atoms with E-state index in [4.69, 9.17) is 4.74 Å². The van der Waals surface area contributed by atoms with Gasteiger partial charge in [0, 0.05) is 11.1 Å². The molecule has 0 aliphatic rings. The molecule has 2 aromatic rings. The highest BCUT2D eigenvalue weighted by atomic mass is 16.5. The van der Waals surface area contributed by atoms with Gasteiger partial charge in [-0.15, -0.1) is 0 Å². The average Bonchev–Trinajstić information content (AvgIpc) is 2.85. The summed E-state index contributed by atoms with van der Waals surface area (Å²) in [7, 11) is 1.42. The lowest BCUT2D eigenvalue weighted by Crippen LogP contribution is -2.01. The van der Waals surface area contributed by atoms with Crippen molar-refractivity contribution in [3.63, 3.8) is 0 Å². The van der Waals surface area contributed by atoms with Crippen molar-refractivity contribution in [1.29, 1.82) is 0 Å². The standard InChI is InChI=1S/C20H27NO2/c1-5-6-7-8-9-10-11-16-12-17(20(22)23-4)13-18-14(2)15(3)21-19(16)18/h10-13,21H,5-9H2,1-4H3/b11-10+. The van der Waals surface area contributed by atoms with Crippen molar-refractivity contribution in [2.75, 3.05) is 7.11 Å². The molecule has 0 radical (unpaired) electrons. The minimum absolute atomic E-state index is 0.289. The number of hydrogen-bond acceptors (Lipinski definition) is 2. The number of methoxy groups -OCH3 is 1. The quantitative estimate of drug-likeness (QED) is 0.537. The lowest BCUT2D eigenvalue weighted by molar-refractivity contribution is 0.0601. The Kier molecular flexibility index (Phi) is 6.03. The number of rotatable bonds is 7. The minimum Gasteiger partial charge on any atom is -0.465 e. The lowest BCUT2D eigenvalue weighted by Gasteiger charge is -2.04. The molecule has 1 N–H and O–H groups in total. The Morgan fingerprint density at radius 3 is 2.70 bits per heavy atom. The van der Waals surface area contributed by atoms with E-state index in [1.54, 1.807) is 0 Å². The molecular weight excluding hydrogens is 286 g/mol. The highest BCUT2D eigenvalue weighted by Crippen LogP contribution is 2.27. The van der Waals surface area contributed by atoms with Crippen LogP contribution in [-0.4, -0.2) is 18.1 Å². The number of aromatic amines is 1. The molecule has 1 aromatic carbocycles. The van der Waals surface area contributed by atoms with E-state index in [9.17, 15) is 4.79 Å². The van der Waals surface area contributed by atoms with Gasteiger partial charge in [-0.25, -0.2) is 4.79 Å². The molecule has 1 heterocycles. The van der Waals surface area contributed by atoms with E-state index in [1.165, 1.54) is 38.4 Å². The van der Waals surface area contributed by atoms with Gasteiger partial charge in [-0.1, -0.05) is 38.3 Å². The second-order valence-electron chi connectivity index (χ2n) is 6.11. The number of aryl methyl sites for hydroxylation is 2. The summed E-state index contributed by atoms with van der Waals surface area (Å²) >= 11 is 0. The Labute approximate surface area is 138 Å². The van der Waals surface area contributed by atoms with E-state index in [0.29, 0.717) is 5.56 Å². The third-order valence-corrected chi connectivity index (χ3v) is 4.39. The first-order valence-corrected chi connectivity index (χ1v) is 8.46. The number of fused-ring (bicyclic) bond motifs is 1. The van der Waals surface area contributed by atoms with Gasteiger partial charge in [0.05, 0.1) is 18.2 Å². The number of carbonyl (C=O) groups excluding carboxylic acids is 1. The van der Waals surface area contributed by atoms with Crippen LogP contribution in [0.25, 0.3) is 17.0 Å². The van der Waals surface area contributed by atoms with E-state index in [1.807, 2.05) is 12.1 Å². The number of esters is 1. The van der Waals surface area contributed by atoms with Crippen LogP contribution in [0.3, 0.4) is 0 Å². The number of allylic oxidation sites excluding steroid dienone is 1. The third kappa shape index (κ3) is 4.04. The number of H-pyrrole nitrogens is 1. The second-order valence-corrected chi connectivity index (χ2v) is 6.11. The summed E-state index contributed by atoms with van der Waals surface area (Å²) in [5.41, 5.74) is 5.07. The summed E-state index contributed by atoms with van der Waals surface area (Å²) in [6.07, 6.45) is 10.4. The average molecular weight is 313 g/mol. The number of aromatic nitrogens is 1. The largest absolute Gasteiger partial charge is 0.465 e. The van der Waals surface area contributed by atoms with Crippen LogP contribution in [0.1, 0.15) is 66.2 Å². The summed E-state index contributed by atoms with van der Waals surface area (Å²) < 4.78 is 4.88. The van der Waals surface area contributed by atoms with Gasteiger partial charge >= 0.3 is 5.97 Å². The van der Waals surface area contributed by atoms with Crippen molar-refractivity contribution in [2.24, 2.45) is 0 Å². The summed E-state index contributed by atoms with van der Waals surface area (Å²) in [5.74, 6) is -0.289. The SMILES string of the molecule is CCCCCC/C=C/c1cc(C(=O)OC)cc2c(C)c(C)[nH]c12. The maximum Gasteiger partial charge on any atom is 0.337 e. The predicted octanol–water partition coefficient (Wildman–Crippen LogP) is 5.55. The van der Waals surface area contributed by atoms with Crippen molar-refractivity contribution >= 4 is 22.9 Å². The van der Waals surface area contributed by atoms with Crippen LogP contribution in [0.15, 0.2) is 18.2 Å². The monoisotopic (exact) mass is 313 g/mol. The number of nitrogens with one attached hydrogen (secondary N) is 1. The molecule has 3 heteroatoms. The molecule has 0 atom stereocenters. The van der Waals surface area contributed by atoms with Gasteiger partial charge in [0.15, 0.2) is 0 Å². The topological polar surface area (TPSA) is 42.1 Å². The first-order valence-electron chi connectivity index (χ1n) is 8.46. The van der Waals surface area contributed by atoms with Crippen LogP contribution >= 0.6 is 0 Å². The van der Waals surface area contributed by atoms with E-state index in [2.05, 4.69) is 37.9 Å². The van der Waals surface area contributed by atoms with Crippen LogP contribution in [0.4, 0.5) is 0 Å². The zero-order valence-electron chi connectivity index (χ0n) is 14.7. The van der Waals surface area contributed by atoms with E-state index in [0.717, 1.165) is 28.6 Å². The molecule has 0 unspecified atom stereocenters. The fraction of sp³-hybridized carbons (Fsp3) is 0.450. The normalized spacial score (nSPS) is 11.5. The molecule has 0 saturated heterocycles. The molecular formula is C20H27NO2. The molecule has 2 rings (SSSR count). The van der Waals surface area contributed by atoms with Crippen LogP contribution < -0.4 is 0 Å². The summed E-state index contributed by atoms with van der Waals surface area (Å²) in [4.78, 5) is 15.4. The summed E-state index contributed by atoms with van der Waals surface area (Å²) in [6, 6.07) is 3.82. The van der Waals surface area contributed by atoms with Crippen LogP contribution in [0.2, 0.25) is 0 Å². The predicted molar refractivity (Wildman–Crippen MR) is 96.9 cm³/mol. The van der Waals surface area contributed by atoms with E-state index < -0.39 is 0 Å². The van der Waals surface area contributed by atoms with Crippen LogP contribution in [0.5, 0.6) is 0 Å². The van der Waals surface area contributed by atoms with Crippen molar-refractivity contribution < 1.29 is 9.53 Å².